The first-order valence-electron chi connectivity index (χ1n) is 7.12. The molecule has 0 N–H and O–H groups in total. The maximum absolute atomic E-state index is 14.1. The molecule has 0 spiro atoms. The van der Waals surface area contributed by atoms with Crippen LogP contribution in [-0.4, -0.2) is 0 Å². The Hall–Kier alpha value is -2.11. The molecule has 0 radical (unpaired) electrons. The highest BCUT2D eigenvalue weighted by atomic mass is 19.3. The summed E-state index contributed by atoms with van der Waals surface area (Å²) in [6.07, 6.45) is -3.39. The Bertz CT molecular complexity index is 689. The van der Waals surface area contributed by atoms with Gasteiger partial charge in [0.05, 0.1) is 5.56 Å². The van der Waals surface area contributed by atoms with Gasteiger partial charge in [-0.05, 0) is 48.2 Å². The molecule has 0 aliphatic carbocycles. The van der Waals surface area contributed by atoms with Gasteiger partial charge in [-0.2, -0.15) is 8.78 Å². The first kappa shape index (κ1) is 17.2. The smallest absolute Gasteiger partial charge is 0.423 e. The Morgan fingerprint density at radius 2 is 1.48 bits per heavy atom. The van der Waals surface area contributed by atoms with Crippen molar-refractivity contribution in [2.24, 2.45) is 0 Å². The van der Waals surface area contributed by atoms with Gasteiger partial charge in [0, 0.05) is 0 Å². The van der Waals surface area contributed by atoms with E-state index in [1.165, 1.54) is 6.07 Å². The molecule has 0 atom stereocenters. The number of alkyl halides is 2. The number of halogens is 5. The van der Waals surface area contributed by atoms with E-state index in [0.29, 0.717) is 24.5 Å². The van der Waals surface area contributed by atoms with Crippen molar-refractivity contribution in [3.8, 4) is 5.75 Å². The van der Waals surface area contributed by atoms with E-state index in [2.05, 4.69) is 4.74 Å². The molecule has 0 unspecified atom stereocenters. The second kappa shape index (κ2) is 6.56. The standard InChI is InChI=1S/C17H15F5O/c1-3-10-7-14(19)16(15(20)8-10)23-17(21,22)12-6-5-11(4-2)13(18)9-12/h5-9H,3-4H2,1-2H3. The molecule has 23 heavy (non-hydrogen) atoms. The fourth-order valence-electron chi connectivity index (χ4n) is 2.12. The van der Waals surface area contributed by atoms with Crippen molar-refractivity contribution in [2.75, 3.05) is 0 Å². The molecule has 0 aliphatic heterocycles. The van der Waals surface area contributed by atoms with E-state index < -0.39 is 34.9 Å². The second-order valence-electron chi connectivity index (χ2n) is 5.02. The van der Waals surface area contributed by atoms with E-state index in [0.717, 1.165) is 18.2 Å². The van der Waals surface area contributed by atoms with Crippen molar-refractivity contribution in [3.05, 3.63) is 64.5 Å². The molecular weight excluding hydrogens is 315 g/mol. The third-order valence-corrected chi connectivity index (χ3v) is 3.47. The van der Waals surface area contributed by atoms with Gasteiger partial charge in [0.2, 0.25) is 0 Å². The fraction of sp³-hybridized carbons (Fsp3) is 0.294. The van der Waals surface area contributed by atoms with E-state index in [9.17, 15) is 22.0 Å². The summed E-state index contributed by atoms with van der Waals surface area (Å²) in [7, 11) is 0. The van der Waals surface area contributed by atoms with Crippen molar-refractivity contribution in [2.45, 2.75) is 32.8 Å². The number of aryl methyl sites for hydroxylation is 2. The summed E-state index contributed by atoms with van der Waals surface area (Å²) in [4.78, 5) is 0. The zero-order chi connectivity index (χ0) is 17.2. The minimum Gasteiger partial charge on any atom is -0.423 e. The van der Waals surface area contributed by atoms with E-state index >= 15 is 0 Å². The largest absolute Gasteiger partial charge is 0.427 e. The van der Waals surface area contributed by atoms with Gasteiger partial charge in [-0.1, -0.05) is 19.9 Å². The average molecular weight is 330 g/mol. The zero-order valence-electron chi connectivity index (χ0n) is 12.6. The summed E-state index contributed by atoms with van der Waals surface area (Å²) in [5.74, 6) is -4.47. The third-order valence-electron chi connectivity index (χ3n) is 3.47. The number of rotatable bonds is 5. The first-order chi connectivity index (χ1) is 10.8. The SMILES string of the molecule is CCc1cc(F)c(OC(F)(F)c2ccc(CC)c(F)c2)c(F)c1. The third kappa shape index (κ3) is 3.63. The van der Waals surface area contributed by atoms with Crippen LogP contribution in [0.15, 0.2) is 30.3 Å². The Morgan fingerprint density at radius 3 is 1.96 bits per heavy atom. The zero-order valence-corrected chi connectivity index (χ0v) is 12.6. The first-order valence-corrected chi connectivity index (χ1v) is 7.12. The van der Waals surface area contributed by atoms with Gasteiger partial charge in [-0.3, -0.25) is 0 Å². The van der Waals surface area contributed by atoms with Crippen LogP contribution in [0.4, 0.5) is 22.0 Å². The van der Waals surface area contributed by atoms with Crippen LogP contribution in [0.25, 0.3) is 0 Å². The maximum Gasteiger partial charge on any atom is 0.427 e. The van der Waals surface area contributed by atoms with Crippen LogP contribution in [0, 0.1) is 17.5 Å². The number of hydrogen-bond donors (Lipinski definition) is 0. The molecule has 2 aromatic rings. The van der Waals surface area contributed by atoms with Crippen LogP contribution in [0.2, 0.25) is 0 Å². The lowest BCUT2D eigenvalue weighted by Crippen LogP contribution is -2.23. The molecule has 0 fully saturated rings. The predicted octanol–water partition coefficient (Wildman–Crippen LogP) is 5.36. The van der Waals surface area contributed by atoms with Crippen LogP contribution < -0.4 is 4.74 Å². The van der Waals surface area contributed by atoms with Gasteiger partial charge in [-0.25, -0.2) is 13.2 Å². The minimum absolute atomic E-state index is 0.259. The fourth-order valence-corrected chi connectivity index (χ4v) is 2.12. The highest BCUT2D eigenvalue weighted by Crippen LogP contribution is 2.35. The molecule has 0 bridgehead atoms. The van der Waals surface area contributed by atoms with E-state index in [1.54, 1.807) is 13.8 Å². The molecule has 1 nitrogen and oxygen atoms in total. The molecule has 124 valence electrons. The lowest BCUT2D eigenvalue weighted by Gasteiger charge is -2.20. The molecular formula is C17H15F5O. The highest BCUT2D eigenvalue weighted by molar-refractivity contribution is 5.33. The van der Waals surface area contributed by atoms with Crippen molar-refractivity contribution >= 4 is 0 Å². The highest BCUT2D eigenvalue weighted by Gasteiger charge is 2.37. The Labute approximate surface area is 130 Å². The second-order valence-corrected chi connectivity index (χ2v) is 5.02. The molecule has 0 aliphatic rings. The van der Waals surface area contributed by atoms with Crippen LogP contribution in [0.3, 0.4) is 0 Å². The van der Waals surface area contributed by atoms with Crippen molar-refractivity contribution in [1.29, 1.82) is 0 Å². The molecule has 0 aromatic heterocycles. The molecule has 2 rings (SSSR count). The molecule has 0 saturated heterocycles. The van der Waals surface area contributed by atoms with Gasteiger partial charge in [0.15, 0.2) is 17.4 Å². The monoisotopic (exact) mass is 330 g/mol. The van der Waals surface area contributed by atoms with E-state index in [1.807, 2.05) is 0 Å². The van der Waals surface area contributed by atoms with E-state index in [4.69, 9.17) is 0 Å². The number of benzene rings is 2. The van der Waals surface area contributed by atoms with Gasteiger partial charge < -0.3 is 4.74 Å². The van der Waals surface area contributed by atoms with Gasteiger partial charge in [0.1, 0.15) is 5.82 Å². The minimum atomic E-state index is -4.07. The summed E-state index contributed by atoms with van der Waals surface area (Å²) in [5, 5.41) is 0. The quantitative estimate of drug-likeness (QED) is 0.671. The molecule has 0 amide bonds. The van der Waals surface area contributed by atoms with Crippen molar-refractivity contribution < 1.29 is 26.7 Å². The molecule has 0 heterocycles. The van der Waals surface area contributed by atoms with Crippen LogP contribution in [0.5, 0.6) is 5.75 Å². The maximum atomic E-state index is 14.1. The Kier molecular flexibility index (Phi) is 4.92. The van der Waals surface area contributed by atoms with Crippen LogP contribution >= 0.6 is 0 Å². The summed E-state index contributed by atoms with van der Waals surface area (Å²) >= 11 is 0. The van der Waals surface area contributed by atoms with Gasteiger partial charge >= 0.3 is 6.11 Å². The summed E-state index contributed by atoms with van der Waals surface area (Å²) in [6.45, 7) is 3.34. The van der Waals surface area contributed by atoms with E-state index in [-0.39, 0.29) is 5.56 Å². The summed E-state index contributed by atoms with van der Waals surface area (Å²) in [6, 6.07) is 4.62. The van der Waals surface area contributed by atoms with Crippen molar-refractivity contribution in [3.63, 3.8) is 0 Å². The summed E-state index contributed by atoms with van der Waals surface area (Å²) < 4.78 is 73.6. The molecule has 6 heteroatoms. The van der Waals surface area contributed by atoms with Gasteiger partial charge in [-0.15, -0.1) is 0 Å². The lowest BCUT2D eigenvalue weighted by atomic mass is 10.1. The average Bonchev–Trinajstić information content (AvgIpc) is 2.50. The topological polar surface area (TPSA) is 9.23 Å². The summed E-state index contributed by atoms with van der Waals surface area (Å²) in [5.41, 5.74) is -0.242. The Morgan fingerprint density at radius 1 is 0.870 bits per heavy atom. The van der Waals surface area contributed by atoms with Crippen LogP contribution in [0.1, 0.15) is 30.5 Å². The predicted molar refractivity (Wildman–Crippen MR) is 76.0 cm³/mol. The van der Waals surface area contributed by atoms with Gasteiger partial charge in [0.25, 0.3) is 0 Å². The van der Waals surface area contributed by atoms with Crippen molar-refractivity contribution in [1.82, 2.24) is 0 Å². The molecule has 0 saturated carbocycles. The Balaban J connectivity index is 2.36. The molecule has 2 aromatic carbocycles. The van der Waals surface area contributed by atoms with Crippen LogP contribution in [-0.2, 0) is 19.0 Å². The number of ether oxygens (including phenoxy) is 1. The normalized spacial score (nSPS) is 11.6. The lowest BCUT2D eigenvalue weighted by molar-refractivity contribution is -0.188. The number of hydrogen-bond acceptors (Lipinski definition) is 1.